The van der Waals surface area contributed by atoms with Crippen LogP contribution in [0.4, 0.5) is 5.69 Å². The number of fused-ring (bicyclic) bond motifs is 1. The molecule has 0 fully saturated rings. The zero-order valence-corrected chi connectivity index (χ0v) is 8.77. The standard InChI is InChI=1S/C8H7N5O2.ClH/c9-8(10)12-4-5-1-2-6(13(14)15)3-7(5)11-12;/h1-4H,(H3,9,10);1H. The topological polar surface area (TPSA) is 111 Å². The monoisotopic (exact) mass is 241 g/mol. The highest BCUT2D eigenvalue weighted by Gasteiger charge is 2.09. The van der Waals surface area contributed by atoms with E-state index in [2.05, 4.69) is 5.10 Å². The number of nitro groups is 1. The lowest BCUT2D eigenvalue weighted by molar-refractivity contribution is -0.384. The van der Waals surface area contributed by atoms with Gasteiger partial charge >= 0.3 is 0 Å². The van der Waals surface area contributed by atoms with Crippen molar-refractivity contribution in [3.63, 3.8) is 0 Å². The molecule has 0 amide bonds. The number of nitrogens with zero attached hydrogens (tertiary/aromatic N) is 3. The number of nitrogen functional groups attached to an aromatic ring is 1. The van der Waals surface area contributed by atoms with Gasteiger partial charge in [-0.2, -0.15) is 5.10 Å². The quantitative estimate of drug-likeness (QED) is 0.337. The lowest BCUT2D eigenvalue weighted by Crippen LogP contribution is -2.20. The molecule has 0 unspecified atom stereocenters. The highest BCUT2D eigenvalue weighted by Crippen LogP contribution is 2.18. The number of non-ortho nitro benzene ring substituents is 1. The smallest absolute Gasteiger partial charge is 0.271 e. The van der Waals surface area contributed by atoms with E-state index in [1.54, 1.807) is 12.3 Å². The molecule has 0 spiro atoms. The van der Waals surface area contributed by atoms with Crippen LogP contribution >= 0.6 is 12.4 Å². The highest BCUT2D eigenvalue weighted by atomic mass is 35.5. The van der Waals surface area contributed by atoms with Crippen molar-refractivity contribution < 1.29 is 4.92 Å². The van der Waals surface area contributed by atoms with Crippen LogP contribution in [0.15, 0.2) is 24.4 Å². The van der Waals surface area contributed by atoms with Gasteiger partial charge in [0, 0.05) is 23.7 Å². The van der Waals surface area contributed by atoms with Gasteiger partial charge in [0.1, 0.15) is 0 Å². The van der Waals surface area contributed by atoms with Gasteiger partial charge in [0.25, 0.3) is 5.69 Å². The van der Waals surface area contributed by atoms with Crippen molar-refractivity contribution in [1.82, 2.24) is 9.78 Å². The van der Waals surface area contributed by atoms with Gasteiger partial charge in [-0.15, -0.1) is 12.4 Å². The van der Waals surface area contributed by atoms with E-state index in [4.69, 9.17) is 11.1 Å². The number of hydrogen-bond donors (Lipinski definition) is 2. The fourth-order valence-corrected chi connectivity index (χ4v) is 1.24. The average molecular weight is 242 g/mol. The van der Waals surface area contributed by atoms with Crippen LogP contribution in [0.25, 0.3) is 10.9 Å². The molecule has 1 aromatic carbocycles. The molecule has 1 aromatic heterocycles. The molecule has 8 heteroatoms. The molecule has 0 aliphatic carbocycles. The maximum atomic E-state index is 10.5. The summed E-state index contributed by atoms with van der Waals surface area (Å²) >= 11 is 0. The first-order valence-corrected chi connectivity index (χ1v) is 4.06. The van der Waals surface area contributed by atoms with Crippen LogP contribution in [0.3, 0.4) is 0 Å². The number of halogens is 1. The second-order valence-corrected chi connectivity index (χ2v) is 2.96. The minimum atomic E-state index is -0.494. The fraction of sp³-hybridized carbons (Fsp3) is 0. The molecule has 0 saturated heterocycles. The SMILES string of the molecule is Cl.N=C(N)n1cc2ccc([N+](=O)[O-])cc2n1. The number of benzene rings is 1. The molecular formula is C8H8ClN5O2. The number of nitrogens with one attached hydrogen (secondary N) is 1. The summed E-state index contributed by atoms with van der Waals surface area (Å²) in [6.07, 6.45) is 1.54. The summed E-state index contributed by atoms with van der Waals surface area (Å²) in [5, 5.41) is 22.3. The van der Waals surface area contributed by atoms with Crippen molar-refractivity contribution in [2.24, 2.45) is 5.73 Å². The molecule has 2 aromatic rings. The van der Waals surface area contributed by atoms with E-state index in [0.717, 1.165) is 4.68 Å². The van der Waals surface area contributed by atoms with Gasteiger partial charge in [-0.25, -0.2) is 4.68 Å². The predicted octanol–water partition coefficient (Wildman–Crippen LogP) is 1.11. The van der Waals surface area contributed by atoms with Gasteiger partial charge < -0.3 is 5.73 Å². The minimum Gasteiger partial charge on any atom is -0.368 e. The van der Waals surface area contributed by atoms with Gasteiger partial charge in [0.2, 0.25) is 5.96 Å². The van der Waals surface area contributed by atoms with Gasteiger partial charge in [0.05, 0.1) is 10.4 Å². The maximum Gasteiger partial charge on any atom is 0.271 e. The third-order valence-corrected chi connectivity index (χ3v) is 1.95. The lowest BCUT2D eigenvalue weighted by Gasteiger charge is -1.91. The van der Waals surface area contributed by atoms with Gasteiger partial charge in [-0.3, -0.25) is 15.5 Å². The first kappa shape index (κ1) is 11.9. The van der Waals surface area contributed by atoms with Crippen LogP contribution in [0.1, 0.15) is 0 Å². The van der Waals surface area contributed by atoms with Crippen LogP contribution in [0, 0.1) is 15.5 Å². The zero-order chi connectivity index (χ0) is 11.0. The highest BCUT2D eigenvalue weighted by molar-refractivity contribution is 5.86. The molecule has 0 bridgehead atoms. The maximum absolute atomic E-state index is 10.5. The summed E-state index contributed by atoms with van der Waals surface area (Å²) < 4.78 is 1.16. The average Bonchev–Trinajstić information content (AvgIpc) is 2.59. The van der Waals surface area contributed by atoms with Crippen molar-refractivity contribution >= 4 is 35.0 Å². The summed E-state index contributed by atoms with van der Waals surface area (Å²) in [6, 6.07) is 4.29. The summed E-state index contributed by atoms with van der Waals surface area (Å²) in [7, 11) is 0. The zero-order valence-electron chi connectivity index (χ0n) is 7.95. The molecule has 2 rings (SSSR count). The molecule has 1 heterocycles. The number of nitro benzene ring substituents is 1. The van der Waals surface area contributed by atoms with E-state index in [1.807, 2.05) is 0 Å². The van der Waals surface area contributed by atoms with E-state index >= 15 is 0 Å². The molecule has 0 aliphatic heterocycles. The van der Waals surface area contributed by atoms with Crippen LogP contribution < -0.4 is 5.73 Å². The van der Waals surface area contributed by atoms with E-state index in [-0.39, 0.29) is 24.1 Å². The number of nitrogens with two attached hydrogens (primary N) is 1. The Balaban J connectivity index is 0.00000128. The Bertz CT molecular complexity index is 553. The molecule has 7 nitrogen and oxygen atoms in total. The van der Waals surface area contributed by atoms with Gasteiger partial charge in [-0.1, -0.05) is 0 Å². The Morgan fingerprint density at radius 2 is 2.25 bits per heavy atom. The molecule has 0 radical (unpaired) electrons. The fourth-order valence-electron chi connectivity index (χ4n) is 1.24. The third kappa shape index (κ3) is 1.94. The van der Waals surface area contributed by atoms with Gasteiger partial charge in [0.15, 0.2) is 0 Å². The molecule has 84 valence electrons. The summed E-state index contributed by atoms with van der Waals surface area (Å²) in [4.78, 5) is 10.00. The van der Waals surface area contributed by atoms with Gasteiger partial charge in [-0.05, 0) is 6.07 Å². The van der Waals surface area contributed by atoms with E-state index in [9.17, 15) is 10.1 Å². The van der Waals surface area contributed by atoms with Crippen molar-refractivity contribution in [2.75, 3.05) is 0 Å². The van der Waals surface area contributed by atoms with Crippen molar-refractivity contribution in [1.29, 1.82) is 5.41 Å². The Hall–Kier alpha value is -2.15. The molecule has 0 atom stereocenters. The Labute approximate surface area is 95.9 Å². The lowest BCUT2D eigenvalue weighted by atomic mass is 10.2. The third-order valence-electron chi connectivity index (χ3n) is 1.95. The van der Waals surface area contributed by atoms with E-state index < -0.39 is 4.92 Å². The first-order chi connectivity index (χ1) is 7.08. The van der Waals surface area contributed by atoms with Crippen LogP contribution in [0.5, 0.6) is 0 Å². The normalized spacial score (nSPS) is 9.75. The molecule has 0 aliphatic rings. The summed E-state index contributed by atoms with van der Waals surface area (Å²) in [5.41, 5.74) is 5.64. The summed E-state index contributed by atoms with van der Waals surface area (Å²) in [5.74, 6) is -0.228. The minimum absolute atomic E-state index is 0. The summed E-state index contributed by atoms with van der Waals surface area (Å²) in [6.45, 7) is 0. The number of aromatic nitrogens is 2. The van der Waals surface area contributed by atoms with Crippen molar-refractivity contribution in [2.45, 2.75) is 0 Å². The molecule has 0 saturated carbocycles. The van der Waals surface area contributed by atoms with Crippen LogP contribution in [-0.2, 0) is 0 Å². The number of rotatable bonds is 1. The second kappa shape index (κ2) is 4.15. The van der Waals surface area contributed by atoms with Crippen LogP contribution in [0.2, 0.25) is 0 Å². The van der Waals surface area contributed by atoms with Crippen molar-refractivity contribution in [3.05, 3.63) is 34.5 Å². The molecule has 3 N–H and O–H groups in total. The van der Waals surface area contributed by atoms with E-state index in [0.29, 0.717) is 10.9 Å². The molecule has 16 heavy (non-hydrogen) atoms. The molecular weight excluding hydrogens is 234 g/mol. The van der Waals surface area contributed by atoms with Crippen molar-refractivity contribution in [3.8, 4) is 0 Å². The Morgan fingerprint density at radius 1 is 1.56 bits per heavy atom. The Morgan fingerprint density at radius 3 is 2.81 bits per heavy atom. The first-order valence-electron chi connectivity index (χ1n) is 4.06. The predicted molar refractivity (Wildman–Crippen MR) is 60.9 cm³/mol. The largest absolute Gasteiger partial charge is 0.368 e. The number of hydrogen-bond acceptors (Lipinski definition) is 4. The van der Waals surface area contributed by atoms with E-state index in [1.165, 1.54) is 12.1 Å². The second-order valence-electron chi connectivity index (χ2n) is 2.96. The van der Waals surface area contributed by atoms with Crippen LogP contribution in [-0.4, -0.2) is 20.7 Å². The Kier molecular flexibility index (Phi) is 3.09.